The first-order valence-corrected chi connectivity index (χ1v) is 12.2. The highest BCUT2D eigenvalue weighted by Crippen LogP contribution is 2.20. The molecule has 0 spiro atoms. The molecule has 0 aliphatic carbocycles. The Labute approximate surface area is 202 Å². The number of rotatable bonds is 2. The molecule has 0 amide bonds. The summed E-state index contributed by atoms with van der Waals surface area (Å²) in [5.74, 6) is 2.22. The highest BCUT2D eigenvalue weighted by molar-refractivity contribution is 5.81. The number of para-hydroxylation sites is 2. The lowest BCUT2D eigenvalue weighted by molar-refractivity contribution is 0.312. The van der Waals surface area contributed by atoms with E-state index in [1.807, 2.05) is 12.1 Å². The molecule has 0 saturated carbocycles. The van der Waals surface area contributed by atoms with Crippen molar-refractivity contribution in [1.82, 2.24) is 19.8 Å². The van der Waals surface area contributed by atoms with E-state index in [1.54, 1.807) is 0 Å². The molecule has 2 aliphatic heterocycles. The summed E-state index contributed by atoms with van der Waals surface area (Å²) >= 11 is 0. The van der Waals surface area contributed by atoms with Crippen molar-refractivity contribution in [3.8, 4) is 0 Å². The Hall–Kier alpha value is -3.22. The molecule has 0 unspecified atom stereocenters. The van der Waals surface area contributed by atoms with Crippen LogP contribution in [0.4, 0.5) is 11.6 Å². The highest BCUT2D eigenvalue weighted by atomic mass is 15.3. The van der Waals surface area contributed by atoms with E-state index in [1.165, 1.54) is 10.8 Å². The summed E-state index contributed by atoms with van der Waals surface area (Å²) < 4.78 is 0. The van der Waals surface area contributed by atoms with Crippen LogP contribution in [0.15, 0.2) is 72.8 Å². The first-order valence-electron chi connectivity index (χ1n) is 12.2. The van der Waals surface area contributed by atoms with Gasteiger partial charge in [-0.05, 0) is 50.5 Å². The van der Waals surface area contributed by atoms with Crippen LogP contribution in [0.5, 0.6) is 0 Å². The molecule has 0 bridgehead atoms. The summed E-state index contributed by atoms with van der Waals surface area (Å²) in [5.41, 5.74) is 2.17. The third kappa shape index (κ3) is 5.29. The number of likely N-dealkylation sites (N-methyl/N-ethyl adjacent to an activating group) is 2. The topological polar surface area (TPSA) is 38.7 Å². The molecule has 2 aliphatic rings. The number of hydrogen-bond acceptors (Lipinski definition) is 6. The van der Waals surface area contributed by atoms with Crippen molar-refractivity contribution in [2.45, 2.75) is 0 Å². The van der Waals surface area contributed by atoms with Crippen LogP contribution in [0.1, 0.15) is 0 Å². The van der Waals surface area contributed by atoms with E-state index in [0.717, 1.165) is 75.0 Å². The molecule has 0 atom stereocenters. The standard InChI is InChI=1S/2C14H17N3/c2*1-16-8-10-17(11-9-16)14-7-6-12-4-2-3-5-13(12)15-14/h2*2-7H,8-11H2,1H3. The van der Waals surface area contributed by atoms with E-state index >= 15 is 0 Å². The predicted molar refractivity (Wildman–Crippen MR) is 143 cm³/mol. The molecule has 34 heavy (non-hydrogen) atoms. The zero-order chi connectivity index (χ0) is 23.3. The lowest BCUT2D eigenvalue weighted by Crippen LogP contribution is -2.44. The Balaban J connectivity index is 0.000000142. The van der Waals surface area contributed by atoms with Gasteiger partial charge in [-0.15, -0.1) is 0 Å². The average Bonchev–Trinajstić information content (AvgIpc) is 2.89. The van der Waals surface area contributed by atoms with Crippen LogP contribution in [-0.2, 0) is 0 Å². The zero-order valence-electron chi connectivity index (χ0n) is 20.3. The maximum atomic E-state index is 4.73. The van der Waals surface area contributed by atoms with Gasteiger partial charge in [0, 0.05) is 63.1 Å². The van der Waals surface area contributed by atoms with Crippen molar-refractivity contribution in [2.75, 3.05) is 76.3 Å². The van der Waals surface area contributed by atoms with Gasteiger partial charge in [-0.3, -0.25) is 0 Å². The molecule has 176 valence electrons. The van der Waals surface area contributed by atoms with E-state index in [0.29, 0.717) is 0 Å². The molecule has 2 aromatic carbocycles. The minimum atomic E-state index is 1.07. The van der Waals surface area contributed by atoms with Crippen LogP contribution in [-0.4, -0.2) is 86.2 Å². The molecular weight excluding hydrogens is 420 g/mol. The fraction of sp³-hybridized carbons (Fsp3) is 0.357. The summed E-state index contributed by atoms with van der Waals surface area (Å²) in [6.07, 6.45) is 0. The maximum Gasteiger partial charge on any atom is 0.129 e. The Morgan fingerprint density at radius 2 is 0.853 bits per heavy atom. The smallest absolute Gasteiger partial charge is 0.129 e. The van der Waals surface area contributed by atoms with Crippen LogP contribution < -0.4 is 9.80 Å². The van der Waals surface area contributed by atoms with E-state index in [2.05, 4.69) is 94.4 Å². The summed E-state index contributed by atoms with van der Waals surface area (Å²) in [4.78, 5) is 18.9. The van der Waals surface area contributed by atoms with Crippen LogP contribution in [0.3, 0.4) is 0 Å². The number of fused-ring (bicyclic) bond motifs is 2. The second-order valence-corrected chi connectivity index (χ2v) is 9.30. The Morgan fingerprint density at radius 3 is 1.26 bits per heavy atom. The third-order valence-corrected chi connectivity index (χ3v) is 6.82. The van der Waals surface area contributed by atoms with Crippen molar-refractivity contribution in [2.24, 2.45) is 0 Å². The fourth-order valence-corrected chi connectivity index (χ4v) is 4.53. The average molecular weight is 455 g/mol. The number of benzene rings is 2. The van der Waals surface area contributed by atoms with Crippen LogP contribution in [0.25, 0.3) is 21.8 Å². The number of aromatic nitrogens is 2. The zero-order valence-corrected chi connectivity index (χ0v) is 20.3. The molecular formula is C28H34N6. The summed E-state index contributed by atoms with van der Waals surface area (Å²) in [5, 5.41) is 2.43. The van der Waals surface area contributed by atoms with Crippen LogP contribution >= 0.6 is 0 Å². The minimum absolute atomic E-state index is 1.07. The van der Waals surface area contributed by atoms with Gasteiger partial charge in [-0.2, -0.15) is 0 Å². The monoisotopic (exact) mass is 454 g/mol. The van der Waals surface area contributed by atoms with Gasteiger partial charge in [-0.25, -0.2) is 9.97 Å². The molecule has 4 heterocycles. The Kier molecular flexibility index (Phi) is 6.88. The molecule has 6 nitrogen and oxygen atoms in total. The molecule has 2 fully saturated rings. The third-order valence-electron chi connectivity index (χ3n) is 6.82. The second-order valence-electron chi connectivity index (χ2n) is 9.30. The largest absolute Gasteiger partial charge is 0.354 e. The SMILES string of the molecule is CN1CCN(c2ccc3ccccc3n2)CC1.CN1CCN(c2ccc3ccccc3n2)CC1. The minimum Gasteiger partial charge on any atom is -0.354 e. The van der Waals surface area contributed by atoms with Crippen molar-refractivity contribution >= 4 is 33.4 Å². The van der Waals surface area contributed by atoms with Gasteiger partial charge >= 0.3 is 0 Å². The molecule has 2 saturated heterocycles. The van der Waals surface area contributed by atoms with Gasteiger partial charge in [0.25, 0.3) is 0 Å². The van der Waals surface area contributed by atoms with Crippen LogP contribution in [0, 0.1) is 0 Å². The normalized spacial score (nSPS) is 17.6. The van der Waals surface area contributed by atoms with Crippen molar-refractivity contribution in [3.63, 3.8) is 0 Å². The van der Waals surface area contributed by atoms with Gasteiger partial charge in [0.2, 0.25) is 0 Å². The lowest BCUT2D eigenvalue weighted by atomic mass is 10.2. The number of nitrogens with zero attached hydrogens (tertiary/aromatic N) is 6. The molecule has 6 rings (SSSR count). The van der Waals surface area contributed by atoms with E-state index in [9.17, 15) is 0 Å². The maximum absolute atomic E-state index is 4.73. The molecule has 0 N–H and O–H groups in total. The van der Waals surface area contributed by atoms with Gasteiger partial charge in [0.15, 0.2) is 0 Å². The van der Waals surface area contributed by atoms with E-state index < -0.39 is 0 Å². The van der Waals surface area contributed by atoms with Crippen molar-refractivity contribution in [1.29, 1.82) is 0 Å². The number of anilines is 2. The molecule has 4 aromatic rings. The lowest BCUT2D eigenvalue weighted by Gasteiger charge is -2.33. The molecule has 6 heteroatoms. The summed E-state index contributed by atoms with van der Waals surface area (Å²) in [6.45, 7) is 8.76. The number of pyridine rings is 2. The summed E-state index contributed by atoms with van der Waals surface area (Å²) in [7, 11) is 4.34. The first-order chi connectivity index (χ1) is 16.7. The first kappa shape index (κ1) is 22.6. The van der Waals surface area contributed by atoms with Gasteiger partial charge in [-0.1, -0.05) is 36.4 Å². The molecule has 2 aromatic heterocycles. The van der Waals surface area contributed by atoms with Gasteiger partial charge in [0.1, 0.15) is 11.6 Å². The van der Waals surface area contributed by atoms with Crippen LogP contribution in [0.2, 0.25) is 0 Å². The molecule has 0 radical (unpaired) electrons. The summed E-state index contributed by atoms with van der Waals surface area (Å²) in [6, 6.07) is 25.2. The van der Waals surface area contributed by atoms with E-state index in [-0.39, 0.29) is 0 Å². The quantitative estimate of drug-likeness (QED) is 0.456. The van der Waals surface area contributed by atoms with Crippen molar-refractivity contribution < 1.29 is 0 Å². The highest BCUT2D eigenvalue weighted by Gasteiger charge is 2.16. The van der Waals surface area contributed by atoms with E-state index in [4.69, 9.17) is 9.97 Å². The number of piperazine rings is 2. The predicted octanol–water partition coefficient (Wildman–Crippen LogP) is 3.97. The second kappa shape index (κ2) is 10.4. The Bertz CT molecular complexity index is 1130. The fourth-order valence-electron chi connectivity index (χ4n) is 4.53. The van der Waals surface area contributed by atoms with Gasteiger partial charge < -0.3 is 19.6 Å². The number of hydrogen-bond donors (Lipinski definition) is 0. The van der Waals surface area contributed by atoms with Gasteiger partial charge in [0.05, 0.1) is 11.0 Å². The van der Waals surface area contributed by atoms with Crippen molar-refractivity contribution in [3.05, 3.63) is 72.8 Å². The Morgan fingerprint density at radius 1 is 0.471 bits per heavy atom.